The van der Waals surface area contributed by atoms with Gasteiger partial charge in [-0.1, -0.05) is 0 Å². The summed E-state index contributed by atoms with van der Waals surface area (Å²) in [4.78, 5) is 6.76. The highest BCUT2D eigenvalue weighted by atomic mass is 32.1. The Bertz CT molecular complexity index is 482. The zero-order valence-corrected chi connectivity index (χ0v) is 11.0. The van der Waals surface area contributed by atoms with Crippen molar-refractivity contribution < 1.29 is 9.84 Å². The third kappa shape index (κ3) is 3.72. The third-order valence-corrected chi connectivity index (χ3v) is 3.34. The molecular weight excluding hydrogens is 248 g/mol. The molecule has 5 heteroatoms. The van der Waals surface area contributed by atoms with Crippen LogP contribution in [0.25, 0.3) is 0 Å². The number of aromatic nitrogens is 1. The quantitative estimate of drug-likeness (QED) is 0.841. The van der Waals surface area contributed by atoms with Gasteiger partial charge in [-0.25, -0.2) is 4.98 Å². The van der Waals surface area contributed by atoms with Crippen molar-refractivity contribution in [1.29, 1.82) is 0 Å². The van der Waals surface area contributed by atoms with Crippen LogP contribution in [-0.2, 0) is 6.54 Å². The van der Waals surface area contributed by atoms with Gasteiger partial charge in [0, 0.05) is 22.4 Å². The van der Waals surface area contributed by atoms with Gasteiger partial charge in [-0.05, 0) is 25.1 Å². The van der Waals surface area contributed by atoms with E-state index < -0.39 is 0 Å². The Balaban J connectivity index is 1.86. The summed E-state index contributed by atoms with van der Waals surface area (Å²) in [5.41, 5.74) is 0.956. The molecule has 0 bridgehead atoms. The molecule has 0 aliphatic carbocycles. The zero-order chi connectivity index (χ0) is 12.8. The molecule has 2 rings (SSSR count). The first-order valence-corrected chi connectivity index (χ1v) is 6.58. The first kappa shape index (κ1) is 12.9. The zero-order valence-electron chi connectivity index (χ0n) is 10.2. The lowest BCUT2D eigenvalue weighted by molar-refractivity contribution is 0.196. The molecule has 0 radical (unpaired) electrons. The molecule has 0 saturated carbocycles. The maximum absolute atomic E-state index is 8.63. The second kappa shape index (κ2) is 6.37. The molecule has 18 heavy (non-hydrogen) atoms. The molecule has 2 heterocycles. The van der Waals surface area contributed by atoms with Crippen LogP contribution >= 0.6 is 11.3 Å². The highest BCUT2D eigenvalue weighted by Crippen LogP contribution is 2.17. The lowest BCUT2D eigenvalue weighted by Gasteiger charge is -2.06. The van der Waals surface area contributed by atoms with E-state index in [1.165, 1.54) is 9.75 Å². The number of hydrogen-bond acceptors (Lipinski definition) is 5. The maximum Gasteiger partial charge on any atom is 0.213 e. The summed E-state index contributed by atoms with van der Waals surface area (Å²) in [6.07, 6.45) is 1.73. The van der Waals surface area contributed by atoms with Gasteiger partial charge in [-0.3, -0.25) is 0 Å². The van der Waals surface area contributed by atoms with Crippen LogP contribution in [0.15, 0.2) is 30.5 Å². The van der Waals surface area contributed by atoms with Gasteiger partial charge in [0.1, 0.15) is 6.61 Å². The number of ether oxygens (including phenoxy) is 1. The molecule has 0 aliphatic rings. The van der Waals surface area contributed by atoms with E-state index in [1.807, 2.05) is 6.07 Å². The first-order valence-electron chi connectivity index (χ1n) is 5.77. The van der Waals surface area contributed by atoms with Crippen molar-refractivity contribution in [1.82, 2.24) is 4.98 Å². The topological polar surface area (TPSA) is 54.4 Å². The van der Waals surface area contributed by atoms with E-state index in [-0.39, 0.29) is 13.2 Å². The van der Waals surface area contributed by atoms with E-state index in [1.54, 1.807) is 23.6 Å². The number of hydrogen-bond donors (Lipinski definition) is 2. The normalized spacial score (nSPS) is 10.3. The van der Waals surface area contributed by atoms with Crippen LogP contribution in [0.1, 0.15) is 9.75 Å². The molecule has 0 fully saturated rings. The Morgan fingerprint density at radius 3 is 2.83 bits per heavy atom. The van der Waals surface area contributed by atoms with Crippen molar-refractivity contribution in [2.24, 2.45) is 0 Å². The average Bonchev–Trinajstić information content (AvgIpc) is 2.81. The molecule has 0 aliphatic heterocycles. The molecule has 2 aromatic heterocycles. The molecular formula is C13H16N2O2S. The molecule has 4 nitrogen and oxygen atoms in total. The van der Waals surface area contributed by atoms with Crippen LogP contribution < -0.4 is 10.1 Å². The van der Waals surface area contributed by atoms with E-state index in [2.05, 4.69) is 29.4 Å². The summed E-state index contributed by atoms with van der Waals surface area (Å²) in [7, 11) is 0. The van der Waals surface area contributed by atoms with Gasteiger partial charge in [0.05, 0.1) is 18.5 Å². The number of thiophene rings is 1. The minimum absolute atomic E-state index is 0.000585. The number of aliphatic hydroxyl groups is 1. The lowest BCUT2D eigenvalue weighted by atomic mass is 10.4. The summed E-state index contributed by atoms with van der Waals surface area (Å²) in [6, 6.07) is 7.95. The van der Waals surface area contributed by atoms with Gasteiger partial charge < -0.3 is 15.2 Å². The predicted molar refractivity (Wildman–Crippen MR) is 73.2 cm³/mol. The highest BCUT2D eigenvalue weighted by Gasteiger charge is 1.99. The minimum atomic E-state index is -0.000585. The fourth-order valence-electron chi connectivity index (χ4n) is 1.49. The molecule has 0 atom stereocenters. The fourth-order valence-corrected chi connectivity index (χ4v) is 2.32. The van der Waals surface area contributed by atoms with Gasteiger partial charge in [0.2, 0.25) is 5.88 Å². The van der Waals surface area contributed by atoms with Crippen molar-refractivity contribution >= 4 is 17.0 Å². The molecule has 2 N–H and O–H groups in total. The standard InChI is InChI=1S/C13H16N2O2S/c1-10-2-4-12(18-10)9-14-11-3-5-13(15-8-11)17-7-6-16/h2-5,8,14,16H,6-7,9H2,1H3. The third-order valence-electron chi connectivity index (χ3n) is 2.34. The molecule has 0 saturated heterocycles. The summed E-state index contributed by atoms with van der Waals surface area (Å²) < 4.78 is 5.19. The number of nitrogens with zero attached hydrogens (tertiary/aromatic N) is 1. The second-order valence-corrected chi connectivity index (χ2v) is 5.20. The van der Waals surface area contributed by atoms with Crippen LogP contribution in [0.4, 0.5) is 5.69 Å². The van der Waals surface area contributed by atoms with E-state index in [9.17, 15) is 0 Å². The van der Waals surface area contributed by atoms with Crippen molar-refractivity contribution in [3.8, 4) is 5.88 Å². The highest BCUT2D eigenvalue weighted by molar-refractivity contribution is 7.11. The summed E-state index contributed by atoms with van der Waals surface area (Å²) in [5.74, 6) is 0.529. The Kier molecular flexibility index (Phi) is 4.55. The first-order chi connectivity index (χ1) is 8.78. The monoisotopic (exact) mass is 264 g/mol. The van der Waals surface area contributed by atoms with E-state index in [4.69, 9.17) is 9.84 Å². The number of anilines is 1. The van der Waals surface area contributed by atoms with E-state index in [0.717, 1.165) is 12.2 Å². The van der Waals surface area contributed by atoms with Crippen LogP contribution in [-0.4, -0.2) is 23.3 Å². The van der Waals surface area contributed by atoms with Gasteiger partial charge >= 0.3 is 0 Å². The van der Waals surface area contributed by atoms with E-state index in [0.29, 0.717) is 5.88 Å². The van der Waals surface area contributed by atoms with Crippen molar-refractivity contribution in [3.05, 3.63) is 40.2 Å². The molecule has 0 amide bonds. The minimum Gasteiger partial charge on any atom is -0.475 e. The Morgan fingerprint density at radius 1 is 1.33 bits per heavy atom. The largest absolute Gasteiger partial charge is 0.475 e. The number of nitrogens with one attached hydrogen (secondary N) is 1. The summed E-state index contributed by atoms with van der Waals surface area (Å²) in [6.45, 7) is 3.17. The molecule has 0 spiro atoms. The number of aliphatic hydroxyl groups excluding tert-OH is 1. The second-order valence-electron chi connectivity index (χ2n) is 3.82. The van der Waals surface area contributed by atoms with Crippen molar-refractivity contribution in [2.45, 2.75) is 13.5 Å². The smallest absolute Gasteiger partial charge is 0.213 e. The Labute approximate surface area is 110 Å². The Hall–Kier alpha value is -1.59. The number of pyridine rings is 1. The van der Waals surface area contributed by atoms with E-state index >= 15 is 0 Å². The van der Waals surface area contributed by atoms with Crippen molar-refractivity contribution in [3.63, 3.8) is 0 Å². The fraction of sp³-hybridized carbons (Fsp3) is 0.308. The maximum atomic E-state index is 8.63. The lowest BCUT2D eigenvalue weighted by Crippen LogP contribution is -2.03. The summed E-state index contributed by atoms with van der Waals surface area (Å²) >= 11 is 1.79. The van der Waals surface area contributed by atoms with Crippen LogP contribution in [0.5, 0.6) is 5.88 Å². The number of rotatable bonds is 6. The molecule has 2 aromatic rings. The van der Waals surface area contributed by atoms with Gasteiger partial charge in [0.15, 0.2) is 0 Å². The number of aryl methyl sites for hydroxylation is 1. The van der Waals surface area contributed by atoms with Crippen LogP contribution in [0.2, 0.25) is 0 Å². The predicted octanol–water partition coefficient (Wildman–Crippen LogP) is 2.43. The molecule has 96 valence electrons. The van der Waals surface area contributed by atoms with Gasteiger partial charge in [0.25, 0.3) is 0 Å². The van der Waals surface area contributed by atoms with Gasteiger partial charge in [-0.2, -0.15) is 0 Å². The van der Waals surface area contributed by atoms with Gasteiger partial charge in [-0.15, -0.1) is 11.3 Å². The Morgan fingerprint density at radius 2 is 2.22 bits per heavy atom. The van der Waals surface area contributed by atoms with Crippen LogP contribution in [0, 0.1) is 6.92 Å². The molecule has 0 unspecified atom stereocenters. The summed E-state index contributed by atoms with van der Waals surface area (Å²) in [5, 5.41) is 11.9. The SMILES string of the molecule is Cc1ccc(CNc2ccc(OCCO)nc2)s1. The molecule has 0 aromatic carbocycles. The van der Waals surface area contributed by atoms with Crippen molar-refractivity contribution in [2.75, 3.05) is 18.5 Å². The average molecular weight is 264 g/mol. The van der Waals surface area contributed by atoms with Crippen LogP contribution in [0.3, 0.4) is 0 Å².